The highest BCUT2D eigenvalue weighted by atomic mass is 35.5. The molecule has 0 saturated carbocycles. The van der Waals surface area contributed by atoms with Crippen molar-refractivity contribution in [2.24, 2.45) is 0 Å². The van der Waals surface area contributed by atoms with Crippen molar-refractivity contribution in [3.05, 3.63) is 64.9 Å². The first-order valence-corrected chi connectivity index (χ1v) is 7.14. The molecule has 0 aliphatic rings. The Bertz CT molecular complexity index is 701. The van der Waals surface area contributed by atoms with Gasteiger partial charge in [-0.1, -0.05) is 29.8 Å². The lowest BCUT2D eigenvalue weighted by molar-refractivity contribution is -0.111. The monoisotopic (exact) mass is 319 g/mol. The Morgan fingerprint density at radius 1 is 1.32 bits per heavy atom. The summed E-state index contributed by atoms with van der Waals surface area (Å²) in [6.45, 7) is 2.38. The van der Waals surface area contributed by atoms with Crippen LogP contribution in [0.4, 0.5) is 10.1 Å². The predicted octanol–water partition coefficient (Wildman–Crippen LogP) is 4.53. The summed E-state index contributed by atoms with van der Waals surface area (Å²) in [7, 11) is 0. The van der Waals surface area contributed by atoms with E-state index in [2.05, 4.69) is 5.32 Å². The lowest BCUT2D eigenvalue weighted by atomic mass is 10.2. The average Bonchev–Trinajstić information content (AvgIpc) is 2.51. The van der Waals surface area contributed by atoms with Gasteiger partial charge in [-0.05, 0) is 42.8 Å². The standard InChI is InChI=1S/C17H15ClFNO2/c1-2-22-16-6-4-3-5-15(16)20-17(21)10-8-12-7-9-14(19)13(18)11-12/h3-11H,2H2,1H3,(H,20,21)/b10-8+. The molecule has 0 fully saturated rings. The minimum atomic E-state index is -0.492. The van der Waals surface area contributed by atoms with Crippen molar-refractivity contribution >= 4 is 29.3 Å². The van der Waals surface area contributed by atoms with Crippen molar-refractivity contribution < 1.29 is 13.9 Å². The molecule has 22 heavy (non-hydrogen) atoms. The van der Waals surface area contributed by atoms with Crippen LogP contribution in [0.3, 0.4) is 0 Å². The number of ether oxygens (including phenoxy) is 1. The summed E-state index contributed by atoms with van der Waals surface area (Å²) in [6.07, 6.45) is 2.91. The molecule has 0 unspecified atom stereocenters. The first-order valence-electron chi connectivity index (χ1n) is 6.76. The van der Waals surface area contributed by atoms with Gasteiger partial charge in [-0.3, -0.25) is 4.79 Å². The number of para-hydroxylation sites is 2. The number of halogens is 2. The smallest absolute Gasteiger partial charge is 0.248 e. The second-order valence-corrected chi connectivity index (χ2v) is 4.83. The first-order chi connectivity index (χ1) is 10.6. The van der Waals surface area contributed by atoms with E-state index in [1.54, 1.807) is 24.3 Å². The summed E-state index contributed by atoms with van der Waals surface area (Å²) in [6, 6.07) is 11.4. The van der Waals surface area contributed by atoms with Crippen molar-refractivity contribution in [3.8, 4) is 5.75 Å². The summed E-state index contributed by atoms with van der Waals surface area (Å²) in [5.41, 5.74) is 1.23. The van der Waals surface area contributed by atoms with Crippen molar-refractivity contribution in [2.75, 3.05) is 11.9 Å². The molecule has 0 aromatic heterocycles. The van der Waals surface area contributed by atoms with E-state index in [1.165, 1.54) is 18.2 Å². The zero-order valence-electron chi connectivity index (χ0n) is 12.0. The topological polar surface area (TPSA) is 38.3 Å². The minimum absolute atomic E-state index is 0.0178. The Morgan fingerprint density at radius 3 is 2.82 bits per heavy atom. The van der Waals surface area contributed by atoms with Crippen LogP contribution in [0.15, 0.2) is 48.5 Å². The molecule has 0 aliphatic carbocycles. The number of carbonyl (C=O) groups is 1. The van der Waals surface area contributed by atoms with Gasteiger partial charge in [0, 0.05) is 6.08 Å². The van der Waals surface area contributed by atoms with Crippen molar-refractivity contribution in [3.63, 3.8) is 0 Å². The van der Waals surface area contributed by atoms with Crippen LogP contribution in [0.2, 0.25) is 5.02 Å². The number of anilines is 1. The third-order valence-electron chi connectivity index (χ3n) is 2.82. The number of hydrogen-bond donors (Lipinski definition) is 1. The third-order valence-corrected chi connectivity index (χ3v) is 3.11. The quantitative estimate of drug-likeness (QED) is 0.822. The summed E-state index contributed by atoms with van der Waals surface area (Å²) in [4.78, 5) is 11.9. The van der Waals surface area contributed by atoms with Gasteiger partial charge >= 0.3 is 0 Å². The molecule has 5 heteroatoms. The fourth-order valence-electron chi connectivity index (χ4n) is 1.81. The molecule has 0 radical (unpaired) electrons. The Morgan fingerprint density at radius 2 is 2.09 bits per heavy atom. The molecule has 0 atom stereocenters. The van der Waals surface area contributed by atoms with Crippen LogP contribution >= 0.6 is 11.6 Å². The Kier molecular flexibility index (Phi) is 5.55. The molecule has 0 bridgehead atoms. The van der Waals surface area contributed by atoms with Crippen LogP contribution < -0.4 is 10.1 Å². The first kappa shape index (κ1) is 16.0. The van der Waals surface area contributed by atoms with E-state index in [-0.39, 0.29) is 10.9 Å². The number of nitrogens with one attached hydrogen (secondary N) is 1. The van der Waals surface area contributed by atoms with E-state index in [0.717, 1.165) is 0 Å². The van der Waals surface area contributed by atoms with Gasteiger partial charge in [0.1, 0.15) is 11.6 Å². The number of benzene rings is 2. The average molecular weight is 320 g/mol. The van der Waals surface area contributed by atoms with Gasteiger partial charge in [0.05, 0.1) is 17.3 Å². The van der Waals surface area contributed by atoms with Crippen LogP contribution in [-0.4, -0.2) is 12.5 Å². The van der Waals surface area contributed by atoms with E-state index in [4.69, 9.17) is 16.3 Å². The van der Waals surface area contributed by atoms with Gasteiger partial charge < -0.3 is 10.1 Å². The maximum atomic E-state index is 13.1. The van der Waals surface area contributed by atoms with Crippen molar-refractivity contribution in [1.29, 1.82) is 0 Å². The van der Waals surface area contributed by atoms with Gasteiger partial charge in [0.15, 0.2) is 0 Å². The Labute approximate surface area is 133 Å². The molecule has 2 aromatic rings. The highest BCUT2D eigenvalue weighted by molar-refractivity contribution is 6.30. The fourth-order valence-corrected chi connectivity index (χ4v) is 2.00. The molecule has 114 valence electrons. The number of hydrogen-bond acceptors (Lipinski definition) is 2. The number of amides is 1. The van der Waals surface area contributed by atoms with E-state index in [0.29, 0.717) is 23.6 Å². The zero-order valence-corrected chi connectivity index (χ0v) is 12.7. The fraction of sp³-hybridized carbons (Fsp3) is 0.118. The molecule has 1 amide bonds. The highest BCUT2D eigenvalue weighted by Crippen LogP contribution is 2.23. The maximum absolute atomic E-state index is 13.1. The van der Waals surface area contributed by atoms with Crippen LogP contribution in [-0.2, 0) is 4.79 Å². The van der Waals surface area contributed by atoms with Gasteiger partial charge in [0.25, 0.3) is 0 Å². The van der Waals surface area contributed by atoms with E-state index in [9.17, 15) is 9.18 Å². The summed E-state index contributed by atoms with van der Waals surface area (Å²) < 4.78 is 18.5. The van der Waals surface area contributed by atoms with Gasteiger partial charge in [-0.25, -0.2) is 4.39 Å². The Hall–Kier alpha value is -2.33. The van der Waals surface area contributed by atoms with Gasteiger partial charge in [-0.15, -0.1) is 0 Å². The molecule has 3 nitrogen and oxygen atoms in total. The van der Waals surface area contributed by atoms with E-state index < -0.39 is 5.82 Å². The van der Waals surface area contributed by atoms with Crippen LogP contribution in [0, 0.1) is 5.82 Å². The zero-order chi connectivity index (χ0) is 15.9. The highest BCUT2D eigenvalue weighted by Gasteiger charge is 2.05. The minimum Gasteiger partial charge on any atom is -0.492 e. The SMILES string of the molecule is CCOc1ccccc1NC(=O)/C=C/c1ccc(F)c(Cl)c1. The largest absolute Gasteiger partial charge is 0.492 e. The maximum Gasteiger partial charge on any atom is 0.248 e. The van der Waals surface area contributed by atoms with Gasteiger partial charge in [0.2, 0.25) is 5.91 Å². The van der Waals surface area contributed by atoms with Crippen LogP contribution in [0.25, 0.3) is 6.08 Å². The summed E-state index contributed by atoms with van der Waals surface area (Å²) in [5.74, 6) is -0.196. The van der Waals surface area contributed by atoms with Crippen LogP contribution in [0.1, 0.15) is 12.5 Å². The molecule has 0 saturated heterocycles. The normalized spacial score (nSPS) is 10.7. The Balaban J connectivity index is 2.06. The molecule has 2 aromatic carbocycles. The number of carbonyl (C=O) groups excluding carboxylic acids is 1. The lowest BCUT2D eigenvalue weighted by Gasteiger charge is -2.09. The molecule has 0 aliphatic heterocycles. The predicted molar refractivity (Wildman–Crippen MR) is 86.7 cm³/mol. The molecule has 0 spiro atoms. The van der Waals surface area contributed by atoms with Gasteiger partial charge in [-0.2, -0.15) is 0 Å². The number of rotatable bonds is 5. The van der Waals surface area contributed by atoms with Crippen LogP contribution in [0.5, 0.6) is 5.75 Å². The van der Waals surface area contributed by atoms with Crippen molar-refractivity contribution in [1.82, 2.24) is 0 Å². The van der Waals surface area contributed by atoms with Crippen molar-refractivity contribution in [2.45, 2.75) is 6.92 Å². The third kappa shape index (κ3) is 4.33. The van der Waals surface area contributed by atoms with E-state index >= 15 is 0 Å². The molecule has 0 heterocycles. The second-order valence-electron chi connectivity index (χ2n) is 4.43. The second kappa shape index (κ2) is 7.61. The van der Waals surface area contributed by atoms with E-state index in [1.807, 2.05) is 19.1 Å². The molecular weight excluding hydrogens is 305 g/mol. The lowest BCUT2D eigenvalue weighted by Crippen LogP contribution is -2.09. The molecule has 1 N–H and O–H groups in total. The summed E-state index contributed by atoms with van der Waals surface area (Å²) >= 11 is 5.69. The molecular formula is C17H15ClFNO2. The summed E-state index contributed by atoms with van der Waals surface area (Å²) in [5, 5.41) is 2.75. The molecule has 2 rings (SSSR count).